The van der Waals surface area contributed by atoms with Crippen molar-refractivity contribution in [3.05, 3.63) is 51.1 Å². The van der Waals surface area contributed by atoms with Crippen molar-refractivity contribution in [1.82, 2.24) is 15.0 Å². The number of aromatic nitrogens is 1. The maximum absolute atomic E-state index is 13.4. The van der Waals surface area contributed by atoms with Crippen molar-refractivity contribution >= 4 is 46.4 Å². The van der Waals surface area contributed by atoms with Crippen LogP contribution in [-0.2, 0) is 17.8 Å². The van der Waals surface area contributed by atoms with Gasteiger partial charge in [0.2, 0.25) is 5.91 Å². The van der Waals surface area contributed by atoms with Crippen LogP contribution < -0.4 is 0 Å². The number of hydrogen-bond acceptors (Lipinski definition) is 6. The predicted molar refractivity (Wildman–Crippen MR) is 137 cm³/mol. The molecule has 0 saturated carbocycles. The van der Waals surface area contributed by atoms with E-state index in [0.29, 0.717) is 24.5 Å². The van der Waals surface area contributed by atoms with Crippen LogP contribution in [0.1, 0.15) is 70.8 Å². The van der Waals surface area contributed by atoms with Crippen molar-refractivity contribution in [2.24, 2.45) is 0 Å². The number of hydrogen-bond donors (Lipinski definition) is 0. The number of piperidine rings is 1. The molecule has 1 saturated heterocycles. The van der Waals surface area contributed by atoms with Gasteiger partial charge in [0.05, 0.1) is 17.1 Å². The zero-order valence-electron chi connectivity index (χ0n) is 19.9. The number of aryl methyl sites for hydroxylation is 1. The fourth-order valence-corrected chi connectivity index (χ4v) is 6.37. The van der Waals surface area contributed by atoms with Crippen LogP contribution in [0.2, 0.25) is 0 Å². The number of thiophene rings is 1. The average Bonchev–Trinajstić information content (AvgIpc) is 3.37. The van der Waals surface area contributed by atoms with Gasteiger partial charge in [0, 0.05) is 42.1 Å². The lowest BCUT2D eigenvalue weighted by atomic mass is 9.91. The third kappa shape index (κ3) is 5.76. The molecule has 3 aromatic rings. The van der Waals surface area contributed by atoms with Crippen molar-refractivity contribution < 1.29 is 18.5 Å². The lowest BCUT2D eigenvalue weighted by Crippen LogP contribution is -2.34. The van der Waals surface area contributed by atoms with Crippen molar-refractivity contribution in [3.63, 3.8) is 0 Å². The van der Waals surface area contributed by atoms with Crippen molar-refractivity contribution in [3.8, 4) is 0 Å². The van der Waals surface area contributed by atoms with Gasteiger partial charge < -0.3 is 14.3 Å². The molecule has 0 radical (unpaired) electrons. The number of fused-ring (bicyclic) bond motifs is 2. The topological polar surface area (TPSA) is 66.7 Å². The summed E-state index contributed by atoms with van der Waals surface area (Å²) < 4.78 is 18.7. The highest BCUT2D eigenvalue weighted by Gasteiger charge is 2.25. The second-order valence-corrected chi connectivity index (χ2v) is 10.6. The maximum atomic E-state index is 13.4. The summed E-state index contributed by atoms with van der Waals surface area (Å²) in [5.41, 5.74) is 2.68. The van der Waals surface area contributed by atoms with Crippen LogP contribution in [0.15, 0.2) is 28.8 Å². The molecule has 4 heterocycles. The van der Waals surface area contributed by atoms with E-state index in [1.165, 1.54) is 22.6 Å². The van der Waals surface area contributed by atoms with Gasteiger partial charge >= 0.3 is 0 Å². The first-order valence-corrected chi connectivity index (χ1v) is 13.0. The first-order chi connectivity index (χ1) is 16.5. The van der Waals surface area contributed by atoms with Crippen LogP contribution in [0.5, 0.6) is 0 Å². The number of benzene rings is 1. The number of ketones is 1. The van der Waals surface area contributed by atoms with Crippen LogP contribution in [0.25, 0.3) is 11.0 Å². The smallest absolute Gasteiger partial charge is 0.219 e. The molecule has 1 fully saturated rings. The van der Waals surface area contributed by atoms with Gasteiger partial charge in [-0.15, -0.1) is 23.7 Å². The van der Waals surface area contributed by atoms with E-state index in [1.807, 2.05) is 4.90 Å². The van der Waals surface area contributed by atoms with E-state index >= 15 is 0 Å². The maximum Gasteiger partial charge on any atom is 0.219 e. The second kappa shape index (κ2) is 11.2. The molecular formula is C26H31ClFN3O3S. The van der Waals surface area contributed by atoms with Gasteiger partial charge in [0.15, 0.2) is 11.4 Å². The summed E-state index contributed by atoms with van der Waals surface area (Å²) in [5.74, 6) is 0.323. The quantitative estimate of drug-likeness (QED) is 0.397. The number of Topliss-reactive ketones (excluding diaryl/α,β-unsaturated/α-hetero) is 1. The molecule has 2 aromatic heterocycles. The van der Waals surface area contributed by atoms with Gasteiger partial charge in [0.25, 0.3) is 0 Å². The lowest BCUT2D eigenvalue weighted by molar-refractivity contribution is -0.129. The normalized spacial score (nSPS) is 17.1. The first kappa shape index (κ1) is 25.8. The minimum absolute atomic E-state index is 0. The molecule has 5 rings (SSSR count). The Bertz CT molecular complexity index is 1200. The molecule has 0 unspecified atom stereocenters. The van der Waals surface area contributed by atoms with Gasteiger partial charge in [-0.2, -0.15) is 0 Å². The second-order valence-electron chi connectivity index (χ2n) is 9.45. The number of carbonyl (C=O) groups excluding carboxylic acids is 2. The van der Waals surface area contributed by atoms with Crippen molar-refractivity contribution in [1.29, 1.82) is 0 Å². The van der Waals surface area contributed by atoms with Gasteiger partial charge in [-0.3, -0.25) is 9.59 Å². The Balaban J connectivity index is 0.00000289. The standard InChI is InChI=1S/C26H30FN3O3S.ClH/c1-17(31)30-11-2-4-19-14-24(34-25(19)16-30)22(32)5-3-10-29-12-8-18(9-13-29)26-21-7-6-20(27)15-23(21)33-28-26;/h6-7,14-15,18H,2-5,8-13,16H2,1H3;1H. The molecule has 2 aliphatic rings. The van der Waals surface area contributed by atoms with E-state index < -0.39 is 0 Å². The van der Waals surface area contributed by atoms with Gasteiger partial charge in [0.1, 0.15) is 5.82 Å². The summed E-state index contributed by atoms with van der Waals surface area (Å²) >= 11 is 1.57. The van der Waals surface area contributed by atoms with Crippen LogP contribution in [0, 0.1) is 5.82 Å². The molecule has 1 amide bonds. The molecule has 6 nitrogen and oxygen atoms in total. The lowest BCUT2D eigenvalue weighted by Gasteiger charge is -2.31. The fourth-order valence-electron chi connectivity index (χ4n) is 5.17. The van der Waals surface area contributed by atoms with E-state index in [4.69, 9.17) is 4.52 Å². The molecule has 35 heavy (non-hydrogen) atoms. The Labute approximate surface area is 214 Å². The molecule has 0 spiro atoms. The monoisotopic (exact) mass is 519 g/mol. The molecule has 0 atom stereocenters. The SMILES string of the molecule is CC(=O)N1CCCc2cc(C(=O)CCCN3CCC(c4noc5cc(F)ccc45)CC3)sc2C1.Cl. The minimum Gasteiger partial charge on any atom is -0.356 e. The molecule has 0 bridgehead atoms. The predicted octanol–water partition coefficient (Wildman–Crippen LogP) is 5.59. The van der Waals surface area contributed by atoms with Crippen LogP contribution in [-0.4, -0.2) is 52.8 Å². The molecule has 9 heteroatoms. The number of rotatable bonds is 6. The zero-order chi connectivity index (χ0) is 23.7. The minimum atomic E-state index is -0.309. The fraction of sp³-hybridized carbons (Fsp3) is 0.500. The largest absolute Gasteiger partial charge is 0.356 e. The average molecular weight is 520 g/mol. The summed E-state index contributed by atoms with van der Waals surface area (Å²) in [6.45, 7) is 5.87. The molecule has 2 aliphatic heterocycles. The van der Waals surface area contributed by atoms with E-state index in [9.17, 15) is 14.0 Å². The summed E-state index contributed by atoms with van der Waals surface area (Å²) in [7, 11) is 0. The van der Waals surface area contributed by atoms with Gasteiger partial charge in [-0.25, -0.2) is 4.39 Å². The molecule has 1 aromatic carbocycles. The summed E-state index contributed by atoms with van der Waals surface area (Å²) in [6.07, 6.45) is 5.25. The van der Waals surface area contributed by atoms with Crippen LogP contribution >= 0.6 is 23.7 Å². The first-order valence-electron chi connectivity index (χ1n) is 12.2. The Morgan fingerprint density at radius 1 is 1.20 bits per heavy atom. The third-order valence-corrected chi connectivity index (χ3v) is 8.34. The number of likely N-dealkylation sites (tertiary alicyclic amines) is 1. The van der Waals surface area contributed by atoms with Gasteiger partial charge in [-0.1, -0.05) is 5.16 Å². The van der Waals surface area contributed by atoms with Crippen LogP contribution in [0.3, 0.4) is 0 Å². The Hall–Kier alpha value is -2.29. The Kier molecular flexibility index (Phi) is 8.24. The van der Waals surface area contributed by atoms with E-state index in [0.717, 1.165) is 74.2 Å². The summed E-state index contributed by atoms with van der Waals surface area (Å²) in [6, 6.07) is 6.67. The van der Waals surface area contributed by atoms with E-state index in [-0.39, 0.29) is 29.9 Å². The summed E-state index contributed by atoms with van der Waals surface area (Å²) in [5, 5.41) is 5.13. The highest BCUT2D eigenvalue weighted by atomic mass is 35.5. The van der Waals surface area contributed by atoms with E-state index in [1.54, 1.807) is 24.3 Å². The highest BCUT2D eigenvalue weighted by Crippen LogP contribution is 2.33. The third-order valence-electron chi connectivity index (χ3n) is 7.14. The number of carbonyl (C=O) groups is 2. The highest BCUT2D eigenvalue weighted by molar-refractivity contribution is 7.14. The number of nitrogens with zero attached hydrogens (tertiary/aromatic N) is 3. The Morgan fingerprint density at radius 2 is 2.00 bits per heavy atom. The Morgan fingerprint density at radius 3 is 2.77 bits per heavy atom. The molecular weight excluding hydrogens is 489 g/mol. The number of halogens is 2. The summed E-state index contributed by atoms with van der Waals surface area (Å²) in [4.78, 5) is 30.9. The molecule has 0 N–H and O–H groups in total. The van der Waals surface area contributed by atoms with Crippen molar-refractivity contribution in [2.45, 2.75) is 57.9 Å². The zero-order valence-corrected chi connectivity index (χ0v) is 21.6. The van der Waals surface area contributed by atoms with Crippen molar-refractivity contribution in [2.75, 3.05) is 26.2 Å². The van der Waals surface area contributed by atoms with E-state index in [2.05, 4.69) is 16.1 Å². The van der Waals surface area contributed by atoms with Gasteiger partial charge in [-0.05, 0) is 75.5 Å². The molecule has 188 valence electrons. The molecule has 0 aliphatic carbocycles. The van der Waals surface area contributed by atoms with Crippen LogP contribution in [0.4, 0.5) is 4.39 Å². The number of amides is 1.